The van der Waals surface area contributed by atoms with Crippen molar-refractivity contribution in [3.05, 3.63) is 66.5 Å². The third-order valence-electron chi connectivity index (χ3n) is 5.21. The highest BCUT2D eigenvalue weighted by Crippen LogP contribution is 2.36. The highest BCUT2D eigenvalue weighted by molar-refractivity contribution is 7.91. The summed E-state index contributed by atoms with van der Waals surface area (Å²) in [6, 6.07) is 6.81. The Morgan fingerprint density at radius 2 is 1.60 bits per heavy atom. The van der Waals surface area contributed by atoms with Crippen LogP contribution in [0.1, 0.15) is 18.6 Å². The molecular weight excluding hydrogens is 477 g/mol. The van der Waals surface area contributed by atoms with Gasteiger partial charge in [0.15, 0.2) is 27.3 Å². The molecule has 0 bridgehead atoms. The van der Waals surface area contributed by atoms with Gasteiger partial charge in [-0.15, -0.1) is 10.2 Å². The van der Waals surface area contributed by atoms with E-state index in [1.165, 1.54) is 25.7 Å². The summed E-state index contributed by atoms with van der Waals surface area (Å²) in [5.41, 5.74) is 0.407. The topological polar surface area (TPSA) is 135 Å². The zero-order chi connectivity index (χ0) is 25.0. The molecule has 0 fully saturated rings. The highest BCUT2D eigenvalue weighted by atomic mass is 32.2. The molecule has 13 heteroatoms. The molecule has 11 nitrogen and oxygen atoms in total. The number of aromatic nitrogens is 7. The minimum absolute atomic E-state index is 0.00336. The van der Waals surface area contributed by atoms with Gasteiger partial charge in [-0.2, -0.15) is 0 Å². The lowest BCUT2D eigenvalue weighted by molar-refractivity contribution is 0.390. The second-order valence-corrected chi connectivity index (χ2v) is 9.92. The highest BCUT2D eigenvalue weighted by Gasteiger charge is 2.29. The average Bonchev–Trinajstić information content (AvgIpc) is 3.27. The molecule has 0 saturated carbocycles. The van der Waals surface area contributed by atoms with Gasteiger partial charge in [-0.3, -0.25) is 4.57 Å². The van der Waals surface area contributed by atoms with Crippen LogP contribution in [0.3, 0.4) is 0 Å². The summed E-state index contributed by atoms with van der Waals surface area (Å²) in [5.74, 6) is 0.545. The first-order valence-electron chi connectivity index (χ1n) is 10.4. The Balaban J connectivity index is 1.79. The zero-order valence-electron chi connectivity index (χ0n) is 19.2. The molecule has 3 heterocycles. The van der Waals surface area contributed by atoms with Gasteiger partial charge >= 0.3 is 0 Å². The van der Waals surface area contributed by atoms with Crippen molar-refractivity contribution in [3.8, 4) is 28.8 Å². The van der Waals surface area contributed by atoms with Crippen LogP contribution < -0.4 is 9.47 Å². The van der Waals surface area contributed by atoms with Crippen molar-refractivity contribution in [1.82, 2.24) is 34.7 Å². The van der Waals surface area contributed by atoms with Gasteiger partial charge in [-0.25, -0.2) is 32.7 Å². The molecule has 0 spiro atoms. The molecule has 1 aromatic carbocycles. The van der Waals surface area contributed by atoms with Crippen molar-refractivity contribution >= 4 is 9.84 Å². The summed E-state index contributed by atoms with van der Waals surface area (Å²) >= 11 is 0. The molecule has 0 N–H and O–H groups in total. The summed E-state index contributed by atoms with van der Waals surface area (Å²) < 4.78 is 52.3. The number of methoxy groups -OCH3 is 2. The molecule has 0 aliphatic rings. The van der Waals surface area contributed by atoms with Gasteiger partial charge < -0.3 is 9.47 Å². The fourth-order valence-corrected chi connectivity index (χ4v) is 4.64. The fraction of sp³-hybridized carbons (Fsp3) is 0.273. The number of hydrogen-bond acceptors (Lipinski definition) is 10. The maximum atomic E-state index is 13.3. The van der Waals surface area contributed by atoms with E-state index in [-0.39, 0.29) is 29.7 Å². The Morgan fingerprint density at radius 3 is 2.20 bits per heavy atom. The summed E-state index contributed by atoms with van der Waals surface area (Å²) in [7, 11) is -0.802. The van der Waals surface area contributed by atoms with Gasteiger partial charge in [0.2, 0.25) is 5.82 Å². The quantitative estimate of drug-likeness (QED) is 0.337. The van der Waals surface area contributed by atoms with Crippen molar-refractivity contribution in [2.75, 3.05) is 14.2 Å². The Labute approximate surface area is 201 Å². The third-order valence-corrected chi connectivity index (χ3v) is 7.26. The minimum Gasteiger partial charge on any atom is -0.494 e. The van der Waals surface area contributed by atoms with Gasteiger partial charge in [0.25, 0.3) is 0 Å². The normalized spacial score (nSPS) is 12.3. The number of para-hydroxylation sites is 1. The minimum atomic E-state index is -3.78. The SMILES string of the molecule is COc1cccc(OC)c1-n1c(CS(=O)(=O)[C@H](C)Cc2ncc(F)cn2)nnc1-c1ncccn1. The van der Waals surface area contributed by atoms with Crippen molar-refractivity contribution in [2.24, 2.45) is 0 Å². The first kappa shape index (κ1) is 24.1. The fourth-order valence-electron chi connectivity index (χ4n) is 3.41. The molecule has 1 atom stereocenters. The smallest absolute Gasteiger partial charge is 0.206 e. The zero-order valence-corrected chi connectivity index (χ0v) is 20.0. The molecule has 0 aliphatic carbocycles. The van der Waals surface area contributed by atoms with E-state index in [9.17, 15) is 12.8 Å². The number of halogens is 1. The number of nitrogens with zero attached hydrogens (tertiary/aromatic N) is 7. The standard InChI is InChI=1S/C22H22FN7O4S/c1-14(10-18-26-11-15(23)12-27-18)35(31,32)13-19-28-29-22(21-24-8-5-9-25-21)30(19)20-16(33-2)6-4-7-17(20)34-3/h4-9,11-12,14H,10,13H2,1-3H3/t14-/m1/s1. The van der Waals surface area contributed by atoms with Gasteiger partial charge in [0, 0.05) is 18.8 Å². The van der Waals surface area contributed by atoms with Gasteiger partial charge in [0.1, 0.15) is 28.8 Å². The predicted octanol–water partition coefficient (Wildman–Crippen LogP) is 2.22. The van der Waals surface area contributed by atoms with E-state index in [1.54, 1.807) is 36.7 Å². The summed E-state index contributed by atoms with van der Waals surface area (Å²) in [5, 5.41) is 7.48. The van der Waals surface area contributed by atoms with Crippen LogP contribution in [0, 0.1) is 5.82 Å². The largest absolute Gasteiger partial charge is 0.494 e. The van der Waals surface area contributed by atoms with E-state index in [0.717, 1.165) is 12.4 Å². The molecule has 35 heavy (non-hydrogen) atoms. The van der Waals surface area contributed by atoms with Crippen molar-refractivity contribution in [2.45, 2.75) is 24.3 Å². The van der Waals surface area contributed by atoms with Crippen LogP contribution in [-0.2, 0) is 22.0 Å². The van der Waals surface area contributed by atoms with Gasteiger partial charge in [-0.05, 0) is 25.1 Å². The monoisotopic (exact) mass is 499 g/mol. The predicted molar refractivity (Wildman–Crippen MR) is 123 cm³/mol. The van der Waals surface area contributed by atoms with Crippen LogP contribution in [0.4, 0.5) is 4.39 Å². The maximum Gasteiger partial charge on any atom is 0.206 e. The molecule has 3 aromatic heterocycles. The van der Waals surface area contributed by atoms with Crippen molar-refractivity contribution in [1.29, 1.82) is 0 Å². The van der Waals surface area contributed by atoms with Crippen LogP contribution in [0.5, 0.6) is 11.5 Å². The number of rotatable bonds is 9. The van der Waals surface area contributed by atoms with Crippen LogP contribution in [0.25, 0.3) is 17.3 Å². The van der Waals surface area contributed by atoms with Crippen molar-refractivity contribution in [3.63, 3.8) is 0 Å². The van der Waals surface area contributed by atoms with Gasteiger partial charge in [-0.1, -0.05) is 6.07 Å². The molecule has 0 saturated heterocycles. The molecule has 0 aliphatic heterocycles. The van der Waals surface area contributed by atoms with Crippen LogP contribution in [0.15, 0.2) is 49.1 Å². The van der Waals surface area contributed by atoms with E-state index < -0.39 is 26.7 Å². The number of sulfone groups is 1. The van der Waals surface area contributed by atoms with E-state index in [0.29, 0.717) is 17.2 Å². The second kappa shape index (κ2) is 10.1. The first-order valence-corrected chi connectivity index (χ1v) is 12.2. The Kier molecular flexibility index (Phi) is 6.96. The lowest BCUT2D eigenvalue weighted by Gasteiger charge is -2.18. The molecule has 0 unspecified atom stereocenters. The third kappa shape index (κ3) is 5.09. The van der Waals surface area contributed by atoms with Crippen LogP contribution in [0.2, 0.25) is 0 Å². The molecule has 182 valence electrons. The molecular formula is C22H22FN7O4S. The summed E-state index contributed by atoms with van der Waals surface area (Å²) in [6.45, 7) is 1.54. The molecule has 0 amide bonds. The molecule has 0 radical (unpaired) electrons. The van der Waals surface area contributed by atoms with E-state index >= 15 is 0 Å². The number of benzene rings is 1. The lowest BCUT2D eigenvalue weighted by Crippen LogP contribution is -2.24. The molecule has 4 aromatic rings. The van der Waals surface area contributed by atoms with Gasteiger partial charge in [0.05, 0.1) is 31.9 Å². The van der Waals surface area contributed by atoms with E-state index in [4.69, 9.17) is 9.47 Å². The summed E-state index contributed by atoms with van der Waals surface area (Å²) in [6.07, 6.45) is 5.09. The van der Waals surface area contributed by atoms with E-state index in [2.05, 4.69) is 30.1 Å². The molecule has 4 rings (SSSR count). The van der Waals surface area contributed by atoms with Crippen LogP contribution >= 0.6 is 0 Å². The van der Waals surface area contributed by atoms with Crippen molar-refractivity contribution < 1.29 is 22.3 Å². The van der Waals surface area contributed by atoms with E-state index in [1.807, 2.05) is 0 Å². The maximum absolute atomic E-state index is 13.3. The first-order chi connectivity index (χ1) is 16.8. The Hall–Kier alpha value is -4.00. The number of hydrogen-bond donors (Lipinski definition) is 0. The Bertz CT molecular complexity index is 1390. The number of ether oxygens (including phenoxy) is 2. The average molecular weight is 500 g/mol. The lowest BCUT2D eigenvalue weighted by atomic mass is 10.2. The summed E-state index contributed by atoms with van der Waals surface area (Å²) in [4.78, 5) is 16.2. The second-order valence-electron chi connectivity index (χ2n) is 7.50. The van der Waals surface area contributed by atoms with Crippen LogP contribution in [-0.4, -0.2) is 62.6 Å². The Morgan fingerprint density at radius 1 is 0.971 bits per heavy atom.